The van der Waals surface area contributed by atoms with Crippen LogP contribution in [0.2, 0.25) is 0 Å². The average Bonchev–Trinajstić information content (AvgIpc) is 2.75. The van der Waals surface area contributed by atoms with Gasteiger partial charge in [0.1, 0.15) is 5.75 Å². The summed E-state index contributed by atoms with van der Waals surface area (Å²) in [6.07, 6.45) is 2.23. The van der Waals surface area contributed by atoms with Crippen molar-refractivity contribution in [3.8, 4) is 5.75 Å². The summed E-state index contributed by atoms with van der Waals surface area (Å²) in [7, 11) is 3.69. The summed E-state index contributed by atoms with van der Waals surface area (Å²) in [6, 6.07) is 6.61. The number of nitrogens with zero attached hydrogens (tertiary/aromatic N) is 1. The molecular weight excluding hydrogens is 212 g/mol. The van der Waals surface area contributed by atoms with Gasteiger partial charge in [-0.3, -0.25) is 0 Å². The molecule has 0 bridgehead atoms. The molecule has 0 aliphatic rings. The van der Waals surface area contributed by atoms with Gasteiger partial charge >= 0.3 is 0 Å². The van der Waals surface area contributed by atoms with E-state index < -0.39 is 0 Å². The third-order valence-electron chi connectivity index (χ3n) is 3.36. The summed E-state index contributed by atoms with van der Waals surface area (Å²) in [5.74, 6) is 0.913. The maximum Gasteiger partial charge on any atom is 0.119 e. The molecule has 1 aromatic heterocycles. The summed E-state index contributed by atoms with van der Waals surface area (Å²) >= 11 is 0. The highest BCUT2D eigenvalue weighted by Gasteiger charge is 2.12. The van der Waals surface area contributed by atoms with Crippen molar-refractivity contribution in [3.05, 3.63) is 30.0 Å². The molecule has 92 valence electrons. The number of rotatable bonds is 4. The molecule has 17 heavy (non-hydrogen) atoms. The molecule has 1 heterocycles. The maximum atomic E-state index is 5.30. The highest BCUT2D eigenvalue weighted by atomic mass is 16.5. The smallest absolute Gasteiger partial charge is 0.119 e. The van der Waals surface area contributed by atoms with Crippen LogP contribution in [0.5, 0.6) is 5.75 Å². The van der Waals surface area contributed by atoms with E-state index >= 15 is 0 Å². The maximum absolute atomic E-state index is 5.30. The summed E-state index contributed by atoms with van der Waals surface area (Å²) in [5.41, 5.74) is 2.59. The number of benzene rings is 1. The second-order valence-electron chi connectivity index (χ2n) is 4.26. The fourth-order valence-electron chi connectivity index (χ4n) is 2.19. The van der Waals surface area contributed by atoms with Gasteiger partial charge < -0.3 is 14.6 Å². The monoisotopic (exact) mass is 232 g/mol. The van der Waals surface area contributed by atoms with Crippen molar-refractivity contribution in [2.45, 2.75) is 26.4 Å². The van der Waals surface area contributed by atoms with E-state index in [9.17, 15) is 0 Å². The lowest BCUT2D eigenvalue weighted by Gasteiger charge is -2.08. The Morgan fingerprint density at radius 3 is 2.76 bits per heavy atom. The van der Waals surface area contributed by atoms with E-state index in [4.69, 9.17) is 4.74 Å². The average molecular weight is 232 g/mol. The quantitative estimate of drug-likeness (QED) is 0.877. The molecule has 1 unspecified atom stereocenters. The molecule has 0 radical (unpaired) electrons. The van der Waals surface area contributed by atoms with Crippen LogP contribution in [0.15, 0.2) is 24.4 Å². The molecule has 0 saturated carbocycles. The minimum absolute atomic E-state index is 0.345. The van der Waals surface area contributed by atoms with E-state index in [-0.39, 0.29) is 0 Å². The van der Waals surface area contributed by atoms with Gasteiger partial charge in [0.25, 0.3) is 0 Å². The molecule has 2 rings (SSSR count). The Bertz CT molecular complexity index is 516. The summed E-state index contributed by atoms with van der Waals surface area (Å²) in [4.78, 5) is 0. The van der Waals surface area contributed by atoms with Crippen LogP contribution in [0.3, 0.4) is 0 Å². The number of nitrogens with one attached hydrogen (secondary N) is 1. The van der Waals surface area contributed by atoms with Gasteiger partial charge in [0.2, 0.25) is 0 Å². The molecule has 0 amide bonds. The predicted molar refractivity (Wildman–Crippen MR) is 71.6 cm³/mol. The third kappa shape index (κ3) is 2.03. The topological polar surface area (TPSA) is 26.2 Å². The first-order chi connectivity index (χ1) is 8.21. The first-order valence-electron chi connectivity index (χ1n) is 6.05. The minimum atomic E-state index is 0.345. The first-order valence-corrected chi connectivity index (χ1v) is 6.05. The van der Waals surface area contributed by atoms with Crippen molar-refractivity contribution < 1.29 is 4.74 Å². The van der Waals surface area contributed by atoms with Crippen molar-refractivity contribution >= 4 is 10.9 Å². The Kier molecular flexibility index (Phi) is 3.38. The lowest BCUT2D eigenvalue weighted by Crippen LogP contribution is -2.11. The molecule has 0 fully saturated rings. The van der Waals surface area contributed by atoms with E-state index in [0.717, 1.165) is 12.3 Å². The van der Waals surface area contributed by atoms with E-state index in [1.165, 1.54) is 16.5 Å². The van der Waals surface area contributed by atoms with Crippen molar-refractivity contribution in [2.75, 3.05) is 14.2 Å². The molecule has 0 spiro atoms. The van der Waals surface area contributed by atoms with Crippen LogP contribution in [-0.4, -0.2) is 18.7 Å². The van der Waals surface area contributed by atoms with Gasteiger partial charge in [-0.05, 0) is 44.7 Å². The zero-order valence-corrected chi connectivity index (χ0v) is 10.9. The van der Waals surface area contributed by atoms with E-state index in [0.29, 0.717) is 6.04 Å². The Labute approximate surface area is 102 Å². The Morgan fingerprint density at radius 1 is 1.41 bits per heavy atom. The van der Waals surface area contributed by atoms with Crippen molar-refractivity contribution in [1.82, 2.24) is 9.88 Å². The van der Waals surface area contributed by atoms with Crippen LogP contribution >= 0.6 is 0 Å². The molecule has 3 heteroatoms. The summed E-state index contributed by atoms with van der Waals surface area (Å²) in [6.45, 7) is 5.32. The summed E-state index contributed by atoms with van der Waals surface area (Å²) in [5, 5.41) is 4.57. The molecule has 1 atom stereocenters. The second kappa shape index (κ2) is 4.80. The number of aromatic nitrogens is 1. The van der Waals surface area contributed by atoms with Crippen molar-refractivity contribution in [2.24, 2.45) is 0 Å². The second-order valence-corrected chi connectivity index (χ2v) is 4.26. The molecular formula is C14H20N2O. The number of methoxy groups -OCH3 is 1. The van der Waals surface area contributed by atoms with Crippen molar-refractivity contribution in [3.63, 3.8) is 0 Å². The largest absolute Gasteiger partial charge is 0.497 e. The standard InChI is InChI=1S/C14H20N2O/c1-5-16-9-13(10(2)15-3)12-8-11(17-4)6-7-14(12)16/h6-10,15H,5H2,1-4H3. The van der Waals surface area contributed by atoms with Crippen LogP contribution < -0.4 is 10.1 Å². The fraction of sp³-hybridized carbons (Fsp3) is 0.429. The lowest BCUT2D eigenvalue weighted by atomic mass is 10.1. The van der Waals surface area contributed by atoms with Crippen molar-refractivity contribution in [1.29, 1.82) is 0 Å². The Morgan fingerprint density at radius 2 is 2.18 bits per heavy atom. The highest BCUT2D eigenvalue weighted by molar-refractivity contribution is 5.86. The van der Waals surface area contributed by atoms with Gasteiger partial charge in [0, 0.05) is 29.7 Å². The fourth-order valence-corrected chi connectivity index (χ4v) is 2.19. The van der Waals surface area contributed by atoms with Gasteiger partial charge in [0.05, 0.1) is 7.11 Å². The molecule has 2 aromatic rings. The Balaban J connectivity index is 2.65. The first kappa shape index (κ1) is 12.0. The molecule has 0 aliphatic heterocycles. The van der Waals surface area contributed by atoms with Crippen LogP contribution in [0, 0.1) is 0 Å². The van der Waals surface area contributed by atoms with Gasteiger partial charge in [-0.25, -0.2) is 0 Å². The Hall–Kier alpha value is -1.48. The number of hydrogen-bond acceptors (Lipinski definition) is 2. The summed E-state index contributed by atoms with van der Waals surface area (Å²) < 4.78 is 7.58. The van der Waals surface area contributed by atoms with Crippen LogP contribution in [0.1, 0.15) is 25.5 Å². The molecule has 1 N–H and O–H groups in total. The predicted octanol–water partition coefficient (Wildman–Crippen LogP) is 2.95. The minimum Gasteiger partial charge on any atom is -0.497 e. The van der Waals surface area contributed by atoms with E-state index in [1.807, 2.05) is 13.1 Å². The van der Waals surface area contributed by atoms with Crippen LogP contribution in [0.25, 0.3) is 10.9 Å². The number of hydrogen-bond donors (Lipinski definition) is 1. The lowest BCUT2D eigenvalue weighted by molar-refractivity contribution is 0.415. The molecule has 3 nitrogen and oxygen atoms in total. The SMILES string of the molecule is CCn1cc(C(C)NC)c2cc(OC)ccc21. The number of ether oxygens (including phenoxy) is 1. The van der Waals surface area contributed by atoms with E-state index in [2.05, 4.69) is 42.1 Å². The highest BCUT2D eigenvalue weighted by Crippen LogP contribution is 2.29. The van der Waals surface area contributed by atoms with Gasteiger partial charge in [0.15, 0.2) is 0 Å². The number of fused-ring (bicyclic) bond motifs is 1. The third-order valence-corrected chi connectivity index (χ3v) is 3.36. The van der Waals surface area contributed by atoms with Gasteiger partial charge in [-0.15, -0.1) is 0 Å². The van der Waals surface area contributed by atoms with Crippen LogP contribution in [0.4, 0.5) is 0 Å². The molecule has 1 aromatic carbocycles. The zero-order valence-electron chi connectivity index (χ0n) is 10.9. The molecule has 0 saturated heterocycles. The van der Waals surface area contributed by atoms with Crippen LogP contribution in [-0.2, 0) is 6.54 Å². The van der Waals surface area contributed by atoms with Gasteiger partial charge in [-0.2, -0.15) is 0 Å². The number of aryl methyl sites for hydroxylation is 1. The van der Waals surface area contributed by atoms with Gasteiger partial charge in [-0.1, -0.05) is 0 Å². The zero-order chi connectivity index (χ0) is 12.4. The molecule has 0 aliphatic carbocycles. The van der Waals surface area contributed by atoms with E-state index in [1.54, 1.807) is 7.11 Å². The normalized spacial score (nSPS) is 12.9.